The molecular formula is C18H23W-. The largest absolute Gasteiger partial charge is 0.185 e. The molecule has 0 unspecified atom stereocenters. The average Bonchev–Trinajstić information content (AvgIpc) is 2.27. The van der Waals surface area contributed by atoms with Gasteiger partial charge in [0.1, 0.15) is 0 Å². The second-order valence-corrected chi connectivity index (χ2v) is 6.40. The van der Waals surface area contributed by atoms with Crippen LogP contribution in [0.3, 0.4) is 0 Å². The third-order valence-corrected chi connectivity index (χ3v) is 3.60. The first-order valence-electron chi connectivity index (χ1n) is 6.65. The summed E-state index contributed by atoms with van der Waals surface area (Å²) >= 11 is 0. The topological polar surface area (TPSA) is 0 Å². The fourth-order valence-electron chi connectivity index (χ4n) is 2.89. The summed E-state index contributed by atoms with van der Waals surface area (Å²) in [6.45, 7) is 13.6. The fourth-order valence-corrected chi connectivity index (χ4v) is 2.89. The first kappa shape index (κ1) is 16.3. The van der Waals surface area contributed by atoms with Crippen molar-refractivity contribution >= 4 is 10.8 Å². The van der Waals surface area contributed by atoms with Crippen LogP contribution in [0.4, 0.5) is 0 Å². The van der Waals surface area contributed by atoms with Crippen molar-refractivity contribution in [1.29, 1.82) is 0 Å². The zero-order valence-corrected chi connectivity index (χ0v) is 15.7. The van der Waals surface area contributed by atoms with Crippen molar-refractivity contribution in [2.75, 3.05) is 0 Å². The van der Waals surface area contributed by atoms with Crippen molar-refractivity contribution in [3.8, 4) is 0 Å². The molecule has 102 valence electrons. The Kier molecular flexibility index (Phi) is 4.91. The number of fused-ring (bicyclic) bond motifs is 1. The summed E-state index contributed by atoms with van der Waals surface area (Å²) in [6.07, 6.45) is 0. The molecule has 2 aromatic carbocycles. The average molecular weight is 423 g/mol. The minimum atomic E-state index is 0. The van der Waals surface area contributed by atoms with E-state index < -0.39 is 0 Å². The summed E-state index contributed by atoms with van der Waals surface area (Å²) in [5, 5.41) is 2.73. The molecule has 0 saturated carbocycles. The van der Waals surface area contributed by atoms with Crippen molar-refractivity contribution < 1.29 is 21.1 Å². The SMILES string of the molecule is Cc1c(C(C)(C)C)c([C-](C)C)cc2ccccc12.[W]. The molecule has 0 N–H and O–H groups in total. The van der Waals surface area contributed by atoms with Gasteiger partial charge in [-0.1, -0.05) is 82.2 Å². The Morgan fingerprint density at radius 3 is 2.11 bits per heavy atom. The van der Waals surface area contributed by atoms with Crippen LogP contribution in [0.15, 0.2) is 30.3 Å². The molecule has 0 aliphatic heterocycles. The van der Waals surface area contributed by atoms with E-state index in [0.717, 1.165) is 0 Å². The maximum absolute atomic E-state index is 2.35. The molecule has 2 rings (SSSR count). The molecule has 0 aliphatic rings. The van der Waals surface area contributed by atoms with Gasteiger partial charge < -0.3 is 0 Å². The van der Waals surface area contributed by atoms with Gasteiger partial charge in [-0.2, -0.15) is 17.5 Å². The molecule has 0 heterocycles. The summed E-state index contributed by atoms with van der Waals surface area (Å²) in [6, 6.07) is 11.0. The summed E-state index contributed by atoms with van der Waals surface area (Å²) in [5.41, 5.74) is 4.51. The third kappa shape index (κ3) is 3.06. The normalized spacial score (nSPS) is 11.3. The van der Waals surface area contributed by atoms with E-state index in [2.05, 4.69) is 71.9 Å². The molecule has 0 saturated heterocycles. The van der Waals surface area contributed by atoms with Gasteiger partial charge in [-0.15, -0.1) is 5.56 Å². The van der Waals surface area contributed by atoms with Gasteiger partial charge in [0.25, 0.3) is 0 Å². The van der Waals surface area contributed by atoms with E-state index in [0.29, 0.717) is 0 Å². The summed E-state index contributed by atoms with van der Waals surface area (Å²) in [4.78, 5) is 0. The van der Waals surface area contributed by atoms with Gasteiger partial charge >= 0.3 is 0 Å². The van der Waals surface area contributed by atoms with Crippen LogP contribution in [0.5, 0.6) is 0 Å². The molecule has 1 heteroatoms. The molecule has 19 heavy (non-hydrogen) atoms. The van der Waals surface area contributed by atoms with Gasteiger partial charge in [-0.25, -0.2) is 0 Å². The molecule has 0 spiro atoms. The maximum Gasteiger partial charge on any atom is 0 e. The van der Waals surface area contributed by atoms with E-state index in [1.807, 2.05) is 0 Å². The molecule has 0 radical (unpaired) electrons. The van der Waals surface area contributed by atoms with E-state index in [4.69, 9.17) is 0 Å². The van der Waals surface area contributed by atoms with Gasteiger partial charge in [0, 0.05) is 21.1 Å². The Bertz CT molecular complexity index is 574. The molecule has 0 aliphatic carbocycles. The predicted octanol–water partition coefficient (Wildman–Crippen LogP) is 5.41. The molecule has 0 nitrogen and oxygen atoms in total. The van der Waals surface area contributed by atoms with E-state index in [1.165, 1.54) is 33.4 Å². The van der Waals surface area contributed by atoms with E-state index >= 15 is 0 Å². The Morgan fingerprint density at radius 2 is 1.58 bits per heavy atom. The number of benzene rings is 2. The monoisotopic (exact) mass is 423 g/mol. The molecule has 0 bridgehead atoms. The minimum Gasteiger partial charge on any atom is -0.185 e. The first-order valence-corrected chi connectivity index (χ1v) is 6.65. The molecule has 0 aromatic heterocycles. The second kappa shape index (κ2) is 5.71. The Hall–Kier alpha value is -0.742. The van der Waals surface area contributed by atoms with Crippen molar-refractivity contribution in [3.63, 3.8) is 0 Å². The van der Waals surface area contributed by atoms with Crippen LogP contribution in [0.2, 0.25) is 0 Å². The quantitative estimate of drug-likeness (QED) is 0.539. The molecular weight excluding hydrogens is 400 g/mol. The van der Waals surface area contributed by atoms with Crippen molar-refractivity contribution in [2.24, 2.45) is 0 Å². The second-order valence-electron chi connectivity index (χ2n) is 6.40. The number of aryl methyl sites for hydroxylation is 1. The third-order valence-electron chi connectivity index (χ3n) is 3.60. The Morgan fingerprint density at radius 1 is 1.00 bits per heavy atom. The van der Waals surface area contributed by atoms with Crippen LogP contribution in [0.25, 0.3) is 10.8 Å². The van der Waals surface area contributed by atoms with Gasteiger partial charge in [0.05, 0.1) is 0 Å². The van der Waals surface area contributed by atoms with Crippen LogP contribution in [0, 0.1) is 12.8 Å². The maximum atomic E-state index is 2.35. The summed E-state index contributed by atoms with van der Waals surface area (Å²) in [7, 11) is 0. The number of hydrogen-bond donors (Lipinski definition) is 0. The van der Waals surface area contributed by atoms with Gasteiger partial charge in [0.15, 0.2) is 0 Å². The van der Waals surface area contributed by atoms with Crippen LogP contribution in [0.1, 0.15) is 51.3 Å². The Balaban J connectivity index is 0.00000180. The smallest absolute Gasteiger partial charge is 0 e. The van der Waals surface area contributed by atoms with Crippen molar-refractivity contribution in [3.05, 3.63) is 52.9 Å². The first-order chi connectivity index (χ1) is 8.32. The summed E-state index contributed by atoms with van der Waals surface area (Å²) < 4.78 is 0. The zero-order chi connectivity index (χ0) is 13.5. The molecule has 2 aromatic rings. The minimum absolute atomic E-state index is 0. The standard InChI is InChI=1S/C18H23.W/c1-12(2)16-11-14-9-7-8-10-15(14)13(3)17(16)18(4,5)6;/h7-11H,1-6H3;/q-1;. The van der Waals surface area contributed by atoms with Crippen LogP contribution >= 0.6 is 0 Å². The zero-order valence-electron chi connectivity index (χ0n) is 12.8. The van der Waals surface area contributed by atoms with Crippen LogP contribution < -0.4 is 0 Å². The predicted molar refractivity (Wildman–Crippen MR) is 81.1 cm³/mol. The van der Waals surface area contributed by atoms with Crippen molar-refractivity contribution in [1.82, 2.24) is 0 Å². The van der Waals surface area contributed by atoms with Crippen LogP contribution in [-0.4, -0.2) is 0 Å². The van der Waals surface area contributed by atoms with E-state index in [9.17, 15) is 0 Å². The fraction of sp³-hybridized carbons (Fsp3) is 0.389. The number of rotatable bonds is 1. The molecule has 0 amide bonds. The van der Waals surface area contributed by atoms with E-state index in [1.54, 1.807) is 0 Å². The Labute approximate surface area is 131 Å². The summed E-state index contributed by atoms with van der Waals surface area (Å²) in [5.74, 6) is 1.40. The van der Waals surface area contributed by atoms with Crippen LogP contribution in [-0.2, 0) is 26.5 Å². The van der Waals surface area contributed by atoms with E-state index in [-0.39, 0.29) is 26.5 Å². The number of hydrogen-bond acceptors (Lipinski definition) is 0. The van der Waals surface area contributed by atoms with Gasteiger partial charge in [-0.3, -0.25) is 0 Å². The molecule has 0 atom stereocenters. The van der Waals surface area contributed by atoms with Gasteiger partial charge in [0.2, 0.25) is 0 Å². The van der Waals surface area contributed by atoms with Gasteiger partial charge in [-0.05, 0) is 5.39 Å². The van der Waals surface area contributed by atoms with Crippen molar-refractivity contribution in [2.45, 2.75) is 47.0 Å². The molecule has 0 fully saturated rings.